The molecule has 2 saturated heterocycles. The number of anilines is 1. The Hall–Kier alpha value is -2.78. The monoisotopic (exact) mass is 415 g/mol. The molecule has 3 aliphatic heterocycles. The van der Waals surface area contributed by atoms with Crippen molar-refractivity contribution in [2.75, 3.05) is 31.1 Å². The first-order valence-corrected chi connectivity index (χ1v) is 11.3. The van der Waals surface area contributed by atoms with Gasteiger partial charge in [-0.3, -0.25) is 0 Å². The van der Waals surface area contributed by atoms with E-state index >= 15 is 0 Å². The average Bonchev–Trinajstić information content (AvgIpc) is 2.69. The zero-order chi connectivity index (χ0) is 20.1. The summed E-state index contributed by atoms with van der Waals surface area (Å²) in [6.45, 7) is 4.48. The highest BCUT2D eigenvalue weighted by molar-refractivity contribution is 6.17. The molecule has 0 amide bonds. The van der Waals surface area contributed by atoms with Gasteiger partial charge >= 0.3 is 0 Å². The summed E-state index contributed by atoms with van der Waals surface area (Å²) in [4.78, 5) is 2.42. The lowest BCUT2D eigenvalue weighted by molar-refractivity contribution is 0.432. The fourth-order valence-electron chi connectivity index (χ4n) is 4.50. The van der Waals surface area contributed by atoms with Crippen LogP contribution in [-0.2, 0) is 5.88 Å². The zero-order valence-corrected chi connectivity index (χ0v) is 17.7. The molecule has 2 fully saturated rings. The topological polar surface area (TPSA) is 19.4 Å². The van der Waals surface area contributed by atoms with Gasteiger partial charge < -0.3 is 9.32 Å². The number of hydrogen-bond donors (Lipinski definition) is 0. The molecule has 4 aliphatic rings. The third-order valence-corrected chi connectivity index (χ3v) is 6.83. The molecule has 30 heavy (non-hydrogen) atoms. The summed E-state index contributed by atoms with van der Waals surface area (Å²) in [5.41, 5.74) is 6.83. The number of hydrogen-bond acceptors (Lipinski definition) is 2. The van der Waals surface area contributed by atoms with Crippen LogP contribution in [0.15, 0.2) is 65.1 Å². The Morgan fingerprint density at radius 3 is 2.50 bits per heavy atom. The van der Waals surface area contributed by atoms with Crippen molar-refractivity contribution >= 4 is 28.3 Å². The van der Waals surface area contributed by atoms with Crippen LogP contribution in [0.2, 0.25) is 0 Å². The molecule has 0 aromatic heterocycles. The number of nitrogens with zero attached hydrogens (tertiary/aromatic N) is 2. The van der Waals surface area contributed by atoms with Gasteiger partial charge in [0.1, 0.15) is 24.4 Å². The van der Waals surface area contributed by atoms with Gasteiger partial charge in [-0.2, -0.15) is 0 Å². The minimum absolute atomic E-state index is 0.496. The highest BCUT2D eigenvalue weighted by Gasteiger charge is 2.21. The maximum absolute atomic E-state index is 6.51. The van der Waals surface area contributed by atoms with E-state index in [4.69, 9.17) is 16.0 Å². The molecule has 3 nitrogen and oxygen atoms in total. The van der Waals surface area contributed by atoms with Gasteiger partial charge in [-0.1, -0.05) is 24.3 Å². The molecule has 0 saturated carbocycles. The molecule has 0 spiro atoms. The van der Waals surface area contributed by atoms with Crippen LogP contribution in [0.1, 0.15) is 18.4 Å². The summed E-state index contributed by atoms with van der Waals surface area (Å²) < 4.78 is 8.91. The smallest absolute Gasteiger partial charge is 0.203 e. The largest absolute Gasteiger partial charge is 0.456 e. The Kier molecular flexibility index (Phi) is 4.31. The second-order valence-corrected chi connectivity index (χ2v) is 8.61. The first kappa shape index (κ1) is 18.0. The molecule has 1 aliphatic carbocycles. The summed E-state index contributed by atoms with van der Waals surface area (Å²) >= 11 is 6.30. The fourth-order valence-corrected chi connectivity index (χ4v) is 4.73. The van der Waals surface area contributed by atoms with Crippen molar-refractivity contribution in [3.8, 4) is 22.5 Å². The summed E-state index contributed by atoms with van der Waals surface area (Å²) in [5, 5.41) is 2.39. The van der Waals surface area contributed by atoms with Gasteiger partial charge in [0.15, 0.2) is 0 Å². The van der Waals surface area contributed by atoms with E-state index in [0.29, 0.717) is 5.88 Å². The fraction of sp³-hybridized carbons (Fsp3) is 0.269. The summed E-state index contributed by atoms with van der Waals surface area (Å²) in [5.74, 6) is 1.44. The van der Waals surface area contributed by atoms with E-state index in [1.54, 1.807) is 0 Å². The Morgan fingerprint density at radius 1 is 0.900 bits per heavy atom. The highest BCUT2D eigenvalue weighted by atomic mass is 35.5. The van der Waals surface area contributed by atoms with Gasteiger partial charge in [-0.05, 0) is 41.3 Å². The van der Waals surface area contributed by atoms with Gasteiger partial charge in [0.05, 0.1) is 12.5 Å². The first-order valence-electron chi connectivity index (χ1n) is 10.8. The van der Waals surface area contributed by atoms with Crippen molar-refractivity contribution in [3.63, 3.8) is 0 Å². The van der Waals surface area contributed by atoms with E-state index < -0.39 is 0 Å². The van der Waals surface area contributed by atoms with Gasteiger partial charge in [0.2, 0.25) is 5.36 Å². The summed E-state index contributed by atoms with van der Waals surface area (Å²) in [6.07, 6.45) is 2.52. The second-order valence-electron chi connectivity index (χ2n) is 8.35. The van der Waals surface area contributed by atoms with E-state index in [2.05, 4.69) is 70.1 Å². The molecule has 3 heterocycles. The summed E-state index contributed by atoms with van der Waals surface area (Å²) in [6, 6.07) is 21.8. The maximum Gasteiger partial charge on any atom is 0.203 e. The maximum atomic E-state index is 6.51. The van der Waals surface area contributed by atoms with E-state index in [1.165, 1.54) is 35.0 Å². The van der Waals surface area contributed by atoms with Gasteiger partial charge in [0.25, 0.3) is 0 Å². The third-order valence-electron chi connectivity index (χ3n) is 6.54. The number of benzene rings is 3. The van der Waals surface area contributed by atoms with Gasteiger partial charge in [-0.25, -0.2) is 4.58 Å². The van der Waals surface area contributed by atoms with Crippen LogP contribution in [0.25, 0.3) is 33.4 Å². The van der Waals surface area contributed by atoms with Crippen LogP contribution in [0, 0.1) is 0 Å². The highest BCUT2D eigenvalue weighted by Crippen LogP contribution is 2.39. The molecule has 2 aromatic carbocycles. The number of halogens is 1. The predicted molar refractivity (Wildman–Crippen MR) is 124 cm³/mol. The van der Waals surface area contributed by atoms with Crippen LogP contribution in [-0.4, -0.2) is 26.2 Å². The molecular formula is C26H24ClN2O+. The summed E-state index contributed by atoms with van der Waals surface area (Å²) in [7, 11) is 0. The zero-order valence-electron chi connectivity index (χ0n) is 16.9. The van der Waals surface area contributed by atoms with E-state index in [1.807, 2.05) is 0 Å². The molecule has 0 unspecified atom stereocenters. The molecule has 6 rings (SSSR count). The normalized spacial score (nSPS) is 16.0. The van der Waals surface area contributed by atoms with E-state index in [9.17, 15) is 0 Å². The number of alkyl halides is 1. The van der Waals surface area contributed by atoms with Crippen molar-refractivity contribution in [1.29, 1.82) is 0 Å². The third kappa shape index (κ3) is 2.92. The molecule has 0 bridgehead atoms. The molecule has 0 N–H and O–H groups in total. The minimum Gasteiger partial charge on any atom is -0.456 e. The van der Waals surface area contributed by atoms with E-state index in [-0.39, 0.29) is 0 Å². The van der Waals surface area contributed by atoms with Crippen LogP contribution in [0.4, 0.5) is 5.69 Å². The van der Waals surface area contributed by atoms with Crippen molar-refractivity contribution < 1.29 is 4.42 Å². The lowest BCUT2D eigenvalue weighted by atomic mass is 9.94. The van der Waals surface area contributed by atoms with Crippen molar-refractivity contribution in [2.45, 2.75) is 18.7 Å². The molecule has 0 atom stereocenters. The SMILES string of the molecule is ClCc1ccccc1-c1cc(N2CCC2)cc2oc3cc(=[N+]4CCC4)ccc-3cc12. The van der Waals surface area contributed by atoms with Crippen molar-refractivity contribution in [1.82, 2.24) is 4.58 Å². The van der Waals surface area contributed by atoms with Crippen LogP contribution < -0.4 is 14.8 Å². The second kappa shape index (κ2) is 7.17. The van der Waals surface area contributed by atoms with Crippen LogP contribution >= 0.6 is 11.6 Å². The average molecular weight is 416 g/mol. The van der Waals surface area contributed by atoms with E-state index in [0.717, 1.165) is 54.0 Å². The Morgan fingerprint density at radius 2 is 1.77 bits per heavy atom. The molecular weight excluding hydrogens is 392 g/mol. The van der Waals surface area contributed by atoms with Gasteiger partial charge in [0, 0.05) is 47.7 Å². The van der Waals surface area contributed by atoms with Crippen molar-refractivity contribution in [2.24, 2.45) is 0 Å². The van der Waals surface area contributed by atoms with Gasteiger partial charge in [-0.15, -0.1) is 11.6 Å². The Balaban J connectivity index is 1.63. The molecule has 0 radical (unpaired) electrons. The predicted octanol–water partition coefficient (Wildman–Crippen LogP) is 5.33. The Bertz CT molecular complexity index is 1300. The molecule has 150 valence electrons. The molecule has 4 heteroatoms. The lowest BCUT2D eigenvalue weighted by Crippen LogP contribution is -2.40. The van der Waals surface area contributed by atoms with Crippen molar-refractivity contribution in [3.05, 3.63) is 71.6 Å². The molecule has 2 aromatic rings. The number of rotatable bonds is 3. The lowest BCUT2D eigenvalue weighted by Gasteiger charge is -2.33. The quantitative estimate of drug-likeness (QED) is 0.256. The standard InChI is InChI=1S/C26H24ClN2O/c27-17-19-5-1-2-6-22(19)23-14-21(29-11-4-12-29)16-26-24(23)13-18-7-8-20(15-25(18)30-26)28-9-3-10-28/h1-2,5-8,13-16H,3-4,9-12,17H2/q+1. The van der Waals surface area contributed by atoms with Crippen LogP contribution in [0.5, 0.6) is 0 Å². The minimum atomic E-state index is 0.496. The number of fused-ring (bicyclic) bond motifs is 2. The first-order chi connectivity index (χ1) is 14.8. The van der Waals surface area contributed by atoms with Crippen LogP contribution in [0.3, 0.4) is 0 Å². The Labute approximate surface area is 181 Å².